The van der Waals surface area contributed by atoms with Crippen LogP contribution in [0.1, 0.15) is 103 Å². The van der Waals surface area contributed by atoms with Gasteiger partial charge in [-0.25, -0.2) is 0 Å². The summed E-state index contributed by atoms with van der Waals surface area (Å²) < 4.78 is 0. The van der Waals surface area contributed by atoms with Crippen molar-refractivity contribution in [2.75, 3.05) is 40.3 Å². The highest BCUT2D eigenvalue weighted by molar-refractivity contribution is 5.76. The molecular weight excluding hydrogens is 336 g/mol. The molecule has 0 aliphatic carbocycles. The van der Waals surface area contributed by atoms with Gasteiger partial charge in [-0.1, -0.05) is 84.0 Å². The number of hydrogen-bond donors (Lipinski definition) is 1. The first-order valence-corrected chi connectivity index (χ1v) is 11.6. The molecule has 0 radical (unpaired) electrons. The molecule has 4 nitrogen and oxygen atoms in total. The summed E-state index contributed by atoms with van der Waals surface area (Å²) in [6.45, 7) is 4.55. The SMILES string of the molecule is CCCCCCCCCCCCCCCC(=O)N(CCO)CCCN(C)C. The van der Waals surface area contributed by atoms with Gasteiger partial charge in [-0.2, -0.15) is 0 Å². The van der Waals surface area contributed by atoms with E-state index in [1.54, 1.807) is 0 Å². The van der Waals surface area contributed by atoms with Gasteiger partial charge in [0.2, 0.25) is 5.91 Å². The summed E-state index contributed by atoms with van der Waals surface area (Å²) in [5.74, 6) is 0.214. The third-order valence-electron chi connectivity index (χ3n) is 5.25. The molecule has 27 heavy (non-hydrogen) atoms. The maximum absolute atomic E-state index is 12.3. The van der Waals surface area contributed by atoms with E-state index in [9.17, 15) is 9.90 Å². The lowest BCUT2D eigenvalue weighted by Crippen LogP contribution is -2.35. The fourth-order valence-electron chi connectivity index (χ4n) is 3.51. The summed E-state index contributed by atoms with van der Waals surface area (Å²) in [6, 6.07) is 0. The van der Waals surface area contributed by atoms with Crippen LogP contribution in [0, 0.1) is 0 Å². The van der Waals surface area contributed by atoms with E-state index in [0.29, 0.717) is 13.0 Å². The van der Waals surface area contributed by atoms with Gasteiger partial charge in [0.25, 0.3) is 0 Å². The molecule has 4 heteroatoms. The molecule has 0 heterocycles. The smallest absolute Gasteiger partial charge is 0.222 e. The normalized spacial score (nSPS) is 11.3. The van der Waals surface area contributed by atoms with Gasteiger partial charge >= 0.3 is 0 Å². The predicted molar refractivity (Wildman–Crippen MR) is 117 cm³/mol. The van der Waals surface area contributed by atoms with Crippen LogP contribution in [0.5, 0.6) is 0 Å². The first-order valence-electron chi connectivity index (χ1n) is 11.6. The van der Waals surface area contributed by atoms with Crippen molar-refractivity contribution >= 4 is 5.91 Å². The average molecular weight is 385 g/mol. The lowest BCUT2D eigenvalue weighted by Gasteiger charge is -2.22. The second-order valence-corrected chi connectivity index (χ2v) is 8.25. The summed E-state index contributed by atoms with van der Waals surface area (Å²) in [5.41, 5.74) is 0. The summed E-state index contributed by atoms with van der Waals surface area (Å²) in [6.07, 6.45) is 18.9. The van der Waals surface area contributed by atoms with Gasteiger partial charge in [-0.05, 0) is 33.5 Å². The molecule has 1 amide bonds. The Kier molecular flexibility index (Phi) is 19.7. The highest BCUT2D eigenvalue weighted by atomic mass is 16.3. The van der Waals surface area contributed by atoms with Crippen molar-refractivity contribution in [3.05, 3.63) is 0 Å². The summed E-state index contributed by atoms with van der Waals surface area (Å²) in [5, 5.41) is 9.17. The number of hydrogen-bond acceptors (Lipinski definition) is 3. The molecule has 0 aliphatic rings. The molecule has 0 aromatic rings. The highest BCUT2D eigenvalue weighted by Gasteiger charge is 2.12. The van der Waals surface area contributed by atoms with E-state index in [-0.39, 0.29) is 12.5 Å². The van der Waals surface area contributed by atoms with Crippen molar-refractivity contribution in [1.29, 1.82) is 0 Å². The van der Waals surface area contributed by atoms with E-state index in [1.807, 2.05) is 19.0 Å². The lowest BCUT2D eigenvalue weighted by atomic mass is 10.0. The van der Waals surface area contributed by atoms with E-state index in [4.69, 9.17) is 0 Å². The van der Waals surface area contributed by atoms with Crippen LogP contribution in [0.25, 0.3) is 0 Å². The van der Waals surface area contributed by atoms with Crippen LogP contribution in [0.2, 0.25) is 0 Å². The number of aliphatic hydroxyl groups excluding tert-OH is 1. The van der Waals surface area contributed by atoms with E-state index < -0.39 is 0 Å². The molecule has 0 aromatic carbocycles. The van der Waals surface area contributed by atoms with Gasteiger partial charge in [-0.15, -0.1) is 0 Å². The Morgan fingerprint density at radius 1 is 0.667 bits per heavy atom. The predicted octanol–water partition coefficient (Wildman–Crippen LogP) is 5.24. The molecule has 0 aromatic heterocycles. The number of amides is 1. The molecule has 0 saturated carbocycles. The van der Waals surface area contributed by atoms with Crippen LogP contribution in [-0.4, -0.2) is 61.2 Å². The van der Waals surface area contributed by atoms with Crippen molar-refractivity contribution in [2.45, 2.75) is 103 Å². The molecule has 1 N–H and O–H groups in total. The zero-order chi connectivity index (χ0) is 20.2. The highest BCUT2D eigenvalue weighted by Crippen LogP contribution is 2.13. The monoisotopic (exact) mass is 384 g/mol. The maximum atomic E-state index is 12.3. The van der Waals surface area contributed by atoms with Gasteiger partial charge in [0, 0.05) is 19.5 Å². The summed E-state index contributed by atoms with van der Waals surface area (Å²) in [4.78, 5) is 16.3. The molecule has 0 saturated heterocycles. The van der Waals surface area contributed by atoms with E-state index in [0.717, 1.165) is 32.4 Å². The van der Waals surface area contributed by atoms with Crippen molar-refractivity contribution < 1.29 is 9.90 Å². The Labute approximate surface area is 169 Å². The molecule has 0 aliphatic heterocycles. The van der Waals surface area contributed by atoms with E-state index in [1.165, 1.54) is 70.6 Å². The molecule has 162 valence electrons. The standard InChI is InChI=1S/C23H48N2O2/c1-4-5-6-7-8-9-10-11-12-13-14-15-16-18-23(27)25(21-22-26)20-17-19-24(2)3/h26H,4-22H2,1-3H3. The second-order valence-electron chi connectivity index (χ2n) is 8.25. The zero-order valence-electron chi connectivity index (χ0n) is 18.7. The van der Waals surface area contributed by atoms with Crippen molar-refractivity contribution in [3.8, 4) is 0 Å². The van der Waals surface area contributed by atoms with Crippen LogP contribution < -0.4 is 0 Å². The minimum Gasteiger partial charge on any atom is -0.395 e. The third-order valence-corrected chi connectivity index (χ3v) is 5.25. The van der Waals surface area contributed by atoms with Crippen LogP contribution in [0.3, 0.4) is 0 Å². The van der Waals surface area contributed by atoms with Crippen LogP contribution in [0.4, 0.5) is 0 Å². The molecule has 0 bridgehead atoms. The summed E-state index contributed by atoms with van der Waals surface area (Å²) >= 11 is 0. The largest absolute Gasteiger partial charge is 0.395 e. The lowest BCUT2D eigenvalue weighted by molar-refractivity contribution is -0.132. The fourth-order valence-corrected chi connectivity index (χ4v) is 3.51. The quantitative estimate of drug-likeness (QED) is 0.292. The summed E-state index contributed by atoms with van der Waals surface area (Å²) in [7, 11) is 4.09. The zero-order valence-corrected chi connectivity index (χ0v) is 18.7. The Hall–Kier alpha value is -0.610. The number of nitrogens with zero attached hydrogens (tertiary/aromatic N) is 2. The van der Waals surface area contributed by atoms with Gasteiger partial charge < -0.3 is 14.9 Å². The second kappa shape index (κ2) is 20.1. The third kappa shape index (κ3) is 18.5. The Morgan fingerprint density at radius 3 is 1.59 bits per heavy atom. The molecule has 0 rings (SSSR count). The first-order chi connectivity index (χ1) is 13.1. The van der Waals surface area contributed by atoms with Crippen molar-refractivity contribution in [3.63, 3.8) is 0 Å². The number of aliphatic hydroxyl groups is 1. The molecular formula is C23H48N2O2. The van der Waals surface area contributed by atoms with Gasteiger partial charge in [0.05, 0.1) is 6.61 Å². The number of rotatable bonds is 20. The maximum Gasteiger partial charge on any atom is 0.222 e. The Bertz CT molecular complexity index is 322. The number of carbonyl (C=O) groups excluding carboxylic acids is 1. The fraction of sp³-hybridized carbons (Fsp3) is 0.957. The van der Waals surface area contributed by atoms with E-state index >= 15 is 0 Å². The minimum atomic E-state index is 0.0618. The van der Waals surface area contributed by atoms with Crippen LogP contribution >= 0.6 is 0 Å². The minimum absolute atomic E-state index is 0.0618. The van der Waals surface area contributed by atoms with Crippen LogP contribution in [-0.2, 0) is 4.79 Å². The molecule has 0 fully saturated rings. The average Bonchev–Trinajstić information content (AvgIpc) is 2.64. The molecule has 0 unspecified atom stereocenters. The Balaban J connectivity index is 3.51. The van der Waals surface area contributed by atoms with Gasteiger partial charge in [0.1, 0.15) is 0 Å². The molecule has 0 spiro atoms. The molecule has 0 atom stereocenters. The first kappa shape index (κ1) is 26.4. The Morgan fingerprint density at radius 2 is 1.15 bits per heavy atom. The van der Waals surface area contributed by atoms with Crippen molar-refractivity contribution in [2.24, 2.45) is 0 Å². The van der Waals surface area contributed by atoms with Gasteiger partial charge in [-0.3, -0.25) is 4.79 Å². The van der Waals surface area contributed by atoms with Crippen LogP contribution in [0.15, 0.2) is 0 Å². The topological polar surface area (TPSA) is 43.8 Å². The number of carbonyl (C=O) groups is 1. The van der Waals surface area contributed by atoms with Gasteiger partial charge in [0.15, 0.2) is 0 Å². The number of unbranched alkanes of at least 4 members (excludes halogenated alkanes) is 12. The van der Waals surface area contributed by atoms with E-state index in [2.05, 4.69) is 11.8 Å². The van der Waals surface area contributed by atoms with Crippen molar-refractivity contribution in [1.82, 2.24) is 9.80 Å².